The average molecular weight is 152 g/mol. The number of Topliss-reactive ketones (excluding diaryl/α,β-unsaturated/α-hetero) is 1. The van der Waals surface area contributed by atoms with E-state index in [9.17, 15) is 9.59 Å². The number of hydrogen-bond donors (Lipinski definition) is 0. The van der Waals surface area contributed by atoms with Crippen LogP contribution in [0.3, 0.4) is 0 Å². The smallest absolute Gasteiger partial charge is 0.294 e. The molecule has 0 N–H and O–H groups in total. The van der Waals surface area contributed by atoms with Gasteiger partial charge in [0.25, 0.3) is 0 Å². The van der Waals surface area contributed by atoms with Crippen molar-refractivity contribution >= 4 is 11.7 Å². The number of carbonyl (C=O) groups is 2. The Kier molecular flexibility index (Phi) is 2.25. The number of hydrogen-bond acceptors (Lipinski definition) is 3. The van der Waals surface area contributed by atoms with Gasteiger partial charge in [-0.2, -0.15) is 5.11 Å². The van der Waals surface area contributed by atoms with Gasteiger partial charge in [-0.05, 0) is 6.42 Å². The summed E-state index contributed by atoms with van der Waals surface area (Å²) in [5, 5.41) is 6.54. The van der Waals surface area contributed by atoms with Crippen molar-refractivity contribution in [2.45, 2.75) is 19.8 Å². The zero-order valence-corrected chi connectivity index (χ0v) is 6.20. The minimum absolute atomic E-state index is 0.117. The lowest BCUT2D eigenvalue weighted by Gasteiger charge is -1.93. The number of carbonyl (C=O) groups excluding carboxylic acids is 2. The number of amides is 1. The molecule has 1 amide bonds. The van der Waals surface area contributed by atoms with Crippen LogP contribution in [0.1, 0.15) is 19.8 Å². The molecule has 58 valence electrons. The summed E-state index contributed by atoms with van der Waals surface area (Å²) in [6.45, 7) is 1.88. The molecule has 0 aliphatic carbocycles. The van der Waals surface area contributed by atoms with Crippen molar-refractivity contribution in [1.82, 2.24) is 0 Å². The first kappa shape index (κ1) is 7.78. The first-order valence-corrected chi connectivity index (χ1v) is 3.44. The van der Waals surface area contributed by atoms with Gasteiger partial charge in [-0.25, -0.2) is 0 Å². The van der Waals surface area contributed by atoms with Crippen molar-refractivity contribution in [1.29, 1.82) is 0 Å². The van der Waals surface area contributed by atoms with Crippen LogP contribution in [0.4, 0.5) is 0 Å². The summed E-state index contributed by atoms with van der Waals surface area (Å²) in [6.07, 6.45) is 2.35. The van der Waals surface area contributed by atoms with Crippen molar-refractivity contribution in [3.63, 3.8) is 0 Å². The fraction of sp³-hybridized carbons (Fsp3) is 0.429. The first-order chi connectivity index (χ1) is 5.25. The predicted octanol–water partition coefficient (Wildman–Crippen LogP) is 1.23. The summed E-state index contributed by atoms with van der Waals surface area (Å²) in [5.74, 6) is -0.675. The van der Waals surface area contributed by atoms with Crippen LogP contribution in [0, 0.1) is 0 Å². The van der Waals surface area contributed by atoms with Gasteiger partial charge >= 0.3 is 5.91 Å². The Hall–Kier alpha value is -1.32. The number of ketones is 1. The fourth-order valence-corrected chi connectivity index (χ4v) is 0.801. The molecule has 0 atom stereocenters. The molecular weight excluding hydrogens is 144 g/mol. The second-order valence-electron chi connectivity index (χ2n) is 2.24. The third kappa shape index (κ3) is 1.58. The summed E-state index contributed by atoms with van der Waals surface area (Å²) in [5.41, 5.74) is 0.117. The zero-order valence-electron chi connectivity index (χ0n) is 6.20. The predicted molar refractivity (Wildman–Crippen MR) is 37.9 cm³/mol. The molecule has 0 aromatic carbocycles. The molecule has 4 heteroatoms. The van der Waals surface area contributed by atoms with Gasteiger partial charge in [0.15, 0.2) is 5.78 Å². The summed E-state index contributed by atoms with van der Waals surface area (Å²) in [4.78, 5) is 21.8. The average Bonchev–Trinajstić information content (AvgIpc) is 2.36. The van der Waals surface area contributed by atoms with E-state index in [4.69, 9.17) is 0 Å². The summed E-state index contributed by atoms with van der Waals surface area (Å²) >= 11 is 0. The largest absolute Gasteiger partial charge is 0.300 e. The van der Waals surface area contributed by atoms with Crippen LogP contribution < -0.4 is 0 Å². The minimum atomic E-state index is -0.511. The van der Waals surface area contributed by atoms with Gasteiger partial charge < -0.3 is 0 Å². The maximum Gasteiger partial charge on any atom is 0.300 e. The van der Waals surface area contributed by atoms with Gasteiger partial charge in [-0.15, -0.1) is 5.11 Å². The van der Waals surface area contributed by atoms with Crippen LogP contribution in [0.2, 0.25) is 0 Å². The van der Waals surface area contributed by atoms with E-state index >= 15 is 0 Å². The second-order valence-corrected chi connectivity index (χ2v) is 2.24. The Morgan fingerprint density at radius 3 is 2.82 bits per heavy atom. The molecule has 1 rings (SSSR count). The molecule has 4 nitrogen and oxygen atoms in total. The molecule has 1 heterocycles. The third-order valence-electron chi connectivity index (χ3n) is 1.34. The lowest BCUT2D eigenvalue weighted by atomic mass is 10.1. The normalized spacial score (nSPS) is 15.4. The number of azo groups is 1. The zero-order chi connectivity index (χ0) is 8.27. The highest BCUT2D eigenvalue weighted by molar-refractivity contribution is 6.20. The SMILES string of the molecule is CCCC(=O)C1=CN=NC1=O. The second kappa shape index (κ2) is 3.18. The van der Waals surface area contributed by atoms with E-state index in [0.717, 1.165) is 6.42 Å². The molecule has 1 aliphatic heterocycles. The maximum absolute atomic E-state index is 11.0. The maximum atomic E-state index is 11.0. The standard InChI is InChI=1S/C7H8N2O2/c1-2-3-6(10)5-4-8-9-7(5)11/h4H,2-3H2,1H3. The monoisotopic (exact) mass is 152 g/mol. The van der Waals surface area contributed by atoms with E-state index in [2.05, 4.69) is 10.2 Å². The van der Waals surface area contributed by atoms with Crippen LogP contribution in [-0.4, -0.2) is 11.7 Å². The van der Waals surface area contributed by atoms with E-state index in [0.29, 0.717) is 6.42 Å². The van der Waals surface area contributed by atoms with E-state index in [-0.39, 0.29) is 11.4 Å². The van der Waals surface area contributed by atoms with Crippen molar-refractivity contribution in [3.8, 4) is 0 Å². The Bertz CT molecular complexity index is 253. The molecule has 0 unspecified atom stereocenters. The van der Waals surface area contributed by atoms with Gasteiger partial charge in [0.2, 0.25) is 0 Å². The fourth-order valence-electron chi connectivity index (χ4n) is 0.801. The molecule has 0 saturated carbocycles. The van der Waals surface area contributed by atoms with Gasteiger partial charge in [0.1, 0.15) is 5.57 Å². The number of nitrogens with zero attached hydrogens (tertiary/aromatic N) is 2. The first-order valence-electron chi connectivity index (χ1n) is 3.44. The topological polar surface area (TPSA) is 58.9 Å². The van der Waals surface area contributed by atoms with Gasteiger partial charge in [0.05, 0.1) is 6.20 Å². The lowest BCUT2D eigenvalue weighted by molar-refractivity contribution is -0.120. The van der Waals surface area contributed by atoms with Crippen LogP contribution in [0.5, 0.6) is 0 Å². The van der Waals surface area contributed by atoms with E-state index in [1.165, 1.54) is 6.20 Å². The Morgan fingerprint density at radius 2 is 2.36 bits per heavy atom. The highest BCUT2D eigenvalue weighted by atomic mass is 16.2. The van der Waals surface area contributed by atoms with Crippen molar-refractivity contribution < 1.29 is 9.59 Å². The summed E-state index contributed by atoms with van der Waals surface area (Å²) in [6, 6.07) is 0. The Labute approximate surface area is 64.0 Å². The molecule has 1 aliphatic rings. The molecule has 0 fully saturated rings. The molecular formula is C7H8N2O2. The van der Waals surface area contributed by atoms with E-state index < -0.39 is 5.91 Å². The molecule has 0 bridgehead atoms. The highest BCUT2D eigenvalue weighted by Gasteiger charge is 2.19. The highest BCUT2D eigenvalue weighted by Crippen LogP contribution is 2.10. The summed E-state index contributed by atoms with van der Waals surface area (Å²) in [7, 11) is 0. The molecule has 0 saturated heterocycles. The van der Waals surface area contributed by atoms with Crippen LogP contribution >= 0.6 is 0 Å². The lowest BCUT2D eigenvalue weighted by Crippen LogP contribution is -2.07. The van der Waals surface area contributed by atoms with Gasteiger partial charge in [-0.3, -0.25) is 9.59 Å². The van der Waals surface area contributed by atoms with E-state index in [1.807, 2.05) is 6.92 Å². The van der Waals surface area contributed by atoms with Crippen LogP contribution in [-0.2, 0) is 9.59 Å². The summed E-state index contributed by atoms with van der Waals surface area (Å²) < 4.78 is 0. The Balaban J connectivity index is 2.63. The molecule has 0 spiro atoms. The molecule has 11 heavy (non-hydrogen) atoms. The quantitative estimate of drug-likeness (QED) is 0.571. The molecule has 0 radical (unpaired) electrons. The molecule has 0 aromatic heterocycles. The minimum Gasteiger partial charge on any atom is -0.294 e. The van der Waals surface area contributed by atoms with Gasteiger partial charge in [-0.1, -0.05) is 6.92 Å². The van der Waals surface area contributed by atoms with Crippen LogP contribution in [0.15, 0.2) is 22.0 Å². The third-order valence-corrected chi connectivity index (χ3v) is 1.34. The van der Waals surface area contributed by atoms with Crippen molar-refractivity contribution in [2.75, 3.05) is 0 Å². The number of rotatable bonds is 3. The molecule has 0 aromatic rings. The van der Waals surface area contributed by atoms with Gasteiger partial charge in [0, 0.05) is 6.42 Å². The van der Waals surface area contributed by atoms with E-state index in [1.54, 1.807) is 0 Å². The van der Waals surface area contributed by atoms with Crippen LogP contribution in [0.25, 0.3) is 0 Å². The van der Waals surface area contributed by atoms with Crippen molar-refractivity contribution in [2.24, 2.45) is 10.2 Å². The van der Waals surface area contributed by atoms with Crippen molar-refractivity contribution in [3.05, 3.63) is 11.8 Å². The Morgan fingerprint density at radius 1 is 1.64 bits per heavy atom.